The van der Waals surface area contributed by atoms with E-state index in [9.17, 15) is 61.8 Å². The second kappa shape index (κ2) is 35.7. The number of piperidine rings is 1. The number of nitrogens with zero attached hydrogens (tertiary/aromatic N) is 7. The molecule has 2 aromatic carbocycles. The molecule has 1 aromatic heterocycles. The lowest BCUT2D eigenvalue weighted by Crippen LogP contribution is -2.53. The number of amides is 7. The zero-order chi connectivity index (χ0) is 64.3. The van der Waals surface area contributed by atoms with Crippen molar-refractivity contribution in [3.63, 3.8) is 0 Å². The Balaban J connectivity index is 0.996. The summed E-state index contributed by atoms with van der Waals surface area (Å²) in [6.07, 6.45) is 10.1. The number of carboxylic acids is 1. The highest BCUT2D eigenvalue weighted by molar-refractivity contribution is 6.07. The maximum atomic E-state index is 14.0. The number of pyridine rings is 1. The predicted octanol–water partition coefficient (Wildman–Crippen LogP) is 1.93. The molecule has 0 unspecified atom stereocenters. The molecule has 3 aromatic rings. The van der Waals surface area contributed by atoms with Gasteiger partial charge in [0.1, 0.15) is 31.7 Å². The molecule has 0 saturated carbocycles. The van der Waals surface area contributed by atoms with Crippen LogP contribution in [0.2, 0.25) is 0 Å². The van der Waals surface area contributed by atoms with Crippen LogP contribution >= 0.6 is 0 Å². The van der Waals surface area contributed by atoms with Gasteiger partial charge < -0.3 is 45.1 Å². The number of carbonyl (C=O) groups is 10. The van der Waals surface area contributed by atoms with E-state index in [4.69, 9.17) is 20.6 Å². The summed E-state index contributed by atoms with van der Waals surface area (Å²) in [6.45, 7) is 5.78. The molecule has 0 spiro atoms. The number of hydrogen-bond acceptors (Lipinski definition) is 18. The number of halogens is 2. The summed E-state index contributed by atoms with van der Waals surface area (Å²) in [4.78, 5) is 142. The number of hydrogen-bond donors (Lipinski definition) is 5. The number of aryl methyl sites for hydroxylation is 2. The fraction of sp³-hybridized carbons (Fsp3) is 0.565. The average Bonchev–Trinajstić information content (AvgIpc) is 2.87. The van der Waals surface area contributed by atoms with Crippen LogP contribution in [0, 0.1) is 25.2 Å². The average molecular weight is 1240 g/mol. The normalized spacial score (nSPS) is 18.0. The summed E-state index contributed by atoms with van der Waals surface area (Å²) in [5.74, 6) is -5.53. The van der Waals surface area contributed by atoms with Crippen molar-refractivity contribution in [2.75, 3.05) is 112 Å². The number of benzene rings is 2. The molecule has 3 aliphatic heterocycles. The fourth-order valence-electron chi connectivity index (χ4n) is 10.9. The maximum Gasteiger partial charge on any atom is 0.317 e. The lowest BCUT2D eigenvalue weighted by atomic mass is 9.92. The molecule has 4 heterocycles. The molecular formula is C62H83F2N11O14. The van der Waals surface area contributed by atoms with Crippen LogP contribution in [0.3, 0.4) is 0 Å². The second-order valence-electron chi connectivity index (χ2n) is 22.9. The number of ether oxygens (including phenoxy) is 3. The van der Waals surface area contributed by atoms with E-state index >= 15 is 0 Å². The lowest BCUT2D eigenvalue weighted by Gasteiger charge is -2.33. The van der Waals surface area contributed by atoms with Crippen molar-refractivity contribution in [2.45, 2.75) is 109 Å². The van der Waals surface area contributed by atoms with E-state index in [2.05, 4.69) is 32.2 Å². The summed E-state index contributed by atoms with van der Waals surface area (Å²) in [5, 5.41) is 20.7. The number of alkyl halides is 2. The third kappa shape index (κ3) is 24.0. The number of rotatable bonds is 30. The first kappa shape index (κ1) is 69.9. The zero-order valence-corrected chi connectivity index (χ0v) is 50.7. The zero-order valence-electron chi connectivity index (χ0n) is 50.7. The van der Waals surface area contributed by atoms with E-state index in [0.717, 1.165) is 22.4 Å². The number of carbonyl (C=O) groups excluding carboxylic acids is 9. The molecule has 89 heavy (non-hydrogen) atoms. The molecule has 0 radical (unpaired) electrons. The summed E-state index contributed by atoms with van der Waals surface area (Å²) in [7, 11) is 0. The minimum Gasteiger partial charge on any atom is -0.494 e. The third-order valence-corrected chi connectivity index (χ3v) is 16.0. The molecule has 3 atom stereocenters. The van der Waals surface area contributed by atoms with Crippen molar-refractivity contribution >= 4 is 71.2 Å². The van der Waals surface area contributed by atoms with Crippen molar-refractivity contribution in [2.24, 2.45) is 5.92 Å². The molecule has 7 amide bonds. The Bertz CT molecular complexity index is 2940. The van der Waals surface area contributed by atoms with Crippen molar-refractivity contribution in [3.8, 4) is 18.1 Å². The highest BCUT2D eigenvalue weighted by atomic mass is 19.3. The van der Waals surface area contributed by atoms with Gasteiger partial charge in [-0.05, 0) is 101 Å². The number of aromatic nitrogens is 1. The molecule has 3 aliphatic rings. The number of carboxylic acid groups (broad SMARTS) is 1. The van der Waals surface area contributed by atoms with E-state index in [0.29, 0.717) is 108 Å². The highest BCUT2D eigenvalue weighted by Crippen LogP contribution is 2.32. The number of imide groups is 1. The quantitative estimate of drug-likeness (QED) is 0.0276. The standard InChI is InChI=1S/C62H83F2N11O14/c1-4-48-35-62(63,64)39-75(48)58(82)36-66-60(85)50-18-21-65-52-17-15-49(33-51(50)52)89-32-6-8-47-19-22-74(23-20-47)57(81)34-55(79)69-61(86)53(16-12-45(3)67-54(78)9-5-7-46-13-10-44(2)11-14-46)68-56(80)37-70-24-25-71(38-59(83)84)27-29-73(41-88-43-77)31-30-72(28-26-70)40-87-42-76/h1,10-11,13-15,17-18,21,33,42-43,45,47-48,53H,5-9,12,16,19-20,22-32,34-41H2,2-3H3,(H,66,85)(H,67,78)(H,68,80)(H,83,84)(H,69,79,86)/t45-,48+,53+/m1/s1. The van der Waals surface area contributed by atoms with Gasteiger partial charge in [0, 0.05) is 95.9 Å². The fourth-order valence-corrected chi connectivity index (χ4v) is 10.9. The minimum atomic E-state index is -3.11. The largest absolute Gasteiger partial charge is 0.494 e. The molecule has 0 aliphatic carbocycles. The van der Waals surface area contributed by atoms with Crippen LogP contribution in [0.4, 0.5) is 8.78 Å². The lowest BCUT2D eigenvalue weighted by molar-refractivity contribution is -0.140. The van der Waals surface area contributed by atoms with Gasteiger partial charge in [0.15, 0.2) is 0 Å². The molecule has 5 N–H and O–H groups in total. The van der Waals surface area contributed by atoms with Crippen LogP contribution in [0.5, 0.6) is 5.75 Å². The second-order valence-corrected chi connectivity index (χ2v) is 22.9. The van der Waals surface area contributed by atoms with Gasteiger partial charge in [0.05, 0.1) is 49.9 Å². The minimum absolute atomic E-state index is 0.00395. The van der Waals surface area contributed by atoms with Gasteiger partial charge in [-0.2, -0.15) is 0 Å². The smallest absolute Gasteiger partial charge is 0.317 e. The van der Waals surface area contributed by atoms with Crippen LogP contribution in [-0.2, 0) is 59.0 Å². The van der Waals surface area contributed by atoms with Crippen LogP contribution in [0.25, 0.3) is 10.9 Å². The van der Waals surface area contributed by atoms with E-state index in [1.54, 1.807) is 39.8 Å². The number of nitrogens with one attached hydrogen (secondary N) is 4. The van der Waals surface area contributed by atoms with Gasteiger partial charge >= 0.3 is 5.97 Å². The first-order chi connectivity index (χ1) is 42.7. The Hall–Kier alpha value is -8.19. The summed E-state index contributed by atoms with van der Waals surface area (Å²) in [6, 6.07) is 11.9. The van der Waals surface area contributed by atoms with Crippen LogP contribution in [0.1, 0.15) is 92.6 Å². The van der Waals surface area contributed by atoms with Gasteiger partial charge in [-0.25, -0.2) is 8.78 Å². The molecule has 25 nitrogen and oxygen atoms in total. The first-order valence-electron chi connectivity index (χ1n) is 30.1. The molecule has 27 heteroatoms. The Kier molecular flexibility index (Phi) is 28.1. The van der Waals surface area contributed by atoms with Crippen molar-refractivity contribution < 1.29 is 76.0 Å². The van der Waals surface area contributed by atoms with Crippen molar-refractivity contribution in [3.05, 3.63) is 71.4 Å². The molecular weight excluding hydrogens is 1160 g/mol. The van der Waals surface area contributed by atoms with Gasteiger partial charge in [0.25, 0.3) is 24.8 Å². The Labute approximate surface area is 516 Å². The molecule has 3 fully saturated rings. The monoisotopic (exact) mass is 1240 g/mol. The summed E-state index contributed by atoms with van der Waals surface area (Å²) in [5.41, 5.74) is 2.94. The van der Waals surface area contributed by atoms with E-state index in [1.807, 2.05) is 41.0 Å². The van der Waals surface area contributed by atoms with Gasteiger partial charge in [-0.1, -0.05) is 35.7 Å². The van der Waals surface area contributed by atoms with Gasteiger partial charge in [-0.15, -0.1) is 6.42 Å². The Morgan fingerprint density at radius 2 is 1.43 bits per heavy atom. The molecule has 6 rings (SSSR count). The van der Waals surface area contributed by atoms with Crippen molar-refractivity contribution in [1.29, 1.82) is 0 Å². The van der Waals surface area contributed by atoms with E-state index in [-0.39, 0.29) is 89.4 Å². The summed E-state index contributed by atoms with van der Waals surface area (Å²) >= 11 is 0. The van der Waals surface area contributed by atoms with Crippen molar-refractivity contribution in [1.82, 2.24) is 55.7 Å². The highest BCUT2D eigenvalue weighted by Gasteiger charge is 2.46. The Morgan fingerprint density at radius 3 is 2.06 bits per heavy atom. The predicted molar refractivity (Wildman–Crippen MR) is 320 cm³/mol. The summed E-state index contributed by atoms with van der Waals surface area (Å²) < 4.78 is 44.1. The molecule has 0 bridgehead atoms. The van der Waals surface area contributed by atoms with Gasteiger partial charge in [0.2, 0.25) is 35.4 Å². The Morgan fingerprint density at radius 1 is 0.787 bits per heavy atom. The number of aliphatic carboxylic acids is 1. The molecule has 484 valence electrons. The number of fused-ring (bicyclic) bond motifs is 1. The first-order valence-corrected chi connectivity index (χ1v) is 30.1. The maximum absolute atomic E-state index is 14.0. The van der Waals surface area contributed by atoms with Crippen LogP contribution in [-0.4, -0.2) is 235 Å². The van der Waals surface area contributed by atoms with Crippen LogP contribution in [0.15, 0.2) is 54.7 Å². The molecule has 3 saturated heterocycles. The van der Waals surface area contributed by atoms with Crippen LogP contribution < -0.4 is 26.0 Å². The number of likely N-dealkylation sites (tertiary alicyclic amines) is 2. The topological polar surface area (TPSA) is 299 Å². The SMILES string of the molecule is C#C[C@H]1CC(F)(F)CN1C(=O)CNC(=O)c1ccnc2ccc(OCCCC3CCN(C(=O)CC(=O)NC(=O)[C@H](CC[C@@H](C)NC(=O)CCCc4ccc(C)cc4)NC(=O)CN4CCN(COC=O)CCN(COC=O)CCN(CC(=O)O)CC4)CC3)cc12. The van der Waals surface area contributed by atoms with Gasteiger partial charge in [-0.3, -0.25) is 77.8 Å². The number of terminal acetylenes is 1. The van der Waals surface area contributed by atoms with E-state index < -0.39 is 91.4 Å². The third-order valence-electron chi connectivity index (χ3n) is 16.0. The van der Waals surface area contributed by atoms with E-state index in [1.165, 1.54) is 12.3 Å².